The van der Waals surface area contributed by atoms with E-state index < -0.39 is 0 Å². The molecule has 0 aliphatic rings. The molecule has 0 saturated carbocycles. The van der Waals surface area contributed by atoms with Gasteiger partial charge in [-0.15, -0.1) is 10.2 Å². The van der Waals surface area contributed by atoms with Crippen LogP contribution in [0.15, 0.2) is 84.9 Å². The largest absolute Gasteiger partial charge is 0.278 e. The zero-order valence-corrected chi connectivity index (χ0v) is 27.5. The van der Waals surface area contributed by atoms with Crippen molar-refractivity contribution in [2.45, 2.75) is 92.4 Å². The number of hydrogen-bond acceptors (Lipinski definition) is 2. The third kappa shape index (κ3) is 5.70. The van der Waals surface area contributed by atoms with Crippen LogP contribution >= 0.6 is 0 Å². The van der Waals surface area contributed by atoms with Crippen molar-refractivity contribution in [1.29, 1.82) is 0 Å². The Balaban J connectivity index is 1.70. The van der Waals surface area contributed by atoms with E-state index >= 15 is 0 Å². The van der Waals surface area contributed by atoms with Crippen LogP contribution in [0.1, 0.15) is 88.9 Å². The third-order valence-corrected chi connectivity index (χ3v) is 9.52. The van der Waals surface area contributed by atoms with Crippen LogP contribution in [-0.2, 0) is 10.8 Å². The van der Waals surface area contributed by atoms with Gasteiger partial charge in [-0.1, -0.05) is 108 Å². The van der Waals surface area contributed by atoms with Gasteiger partial charge in [0.15, 0.2) is 5.82 Å². The van der Waals surface area contributed by atoms with Crippen LogP contribution in [0.25, 0.3) is 39.3 Å². The fourth-order valence-electron chi connectivity index (χ4n) is 6.65. The second-order valence-electron chi connectivity index (χ2n) is 13.2. The molecule has 4 aromatic carbocycles. The third-order valence-electron chi connectivity index (χ3n) is 9.52. The summed E-state index contributed by atoms with van der Waals surface area (Å²) in [5, 5.41) is 9.90. The Morgan fingerprint density at radius 1 is 0.581 bits per heavy atom. The molecule has 222 valence electrons. The Labute approximate surface area is 259 Å². The lowest BCUT2D eigenvalue weighted by Crippen LogP contribution is -2.28. The Bertz CT molecular complexity index is 1700. The average Bonchev–Trinajstić information content (AvgIpc) is 3.43. The van der Waals surface area contributed by atoms with Crippen LogP contribution in [0.5, 0.6) is 0 Å². The molecule has 0 amide bonds. The molecule has 0 fully saturated rings. The van der Waals surface area contributed by atoms with Crippen LogP contribution in [0, 0.1) is 20.8 Å². The summed E-state index contributed by atoms with van der Waals surface area (Å²) < 4.78 is 2.35. The minimum atomic E-state index is -0.0522. The number of aromatic nitrogens is 3. The van der Waals surface area contributed by atoms with Gasteiger partial charge in [0, 0.05) is 11.0 Å². The molecule has 3 nitrogen and oxygen atoms in total. The van der Waals surface area contributed by atoms with Gasteiger partial charge in [-0.25, -0.2) is 0 Å². The van der Waals surface area contributed by atoms with Crippen LogP contribution in [-0.4, -0.2) is 14.8 Å². The summed E-state index contributed by atoms with van der Waals surface area (Å²) in [7, 11) is 0. The van der Waals surface area contributed by atoms with Crippen LogP contribution < -0.4 is 0 Å². The molecule has 1 aromatic heterocycles. The summed E-state index contributed by atoms with van der Waals surface area (Å²) >= 11 is 0. The van der Waals surface area contributed by atoms with Gasteiger partial charge in [0.1, 0.15) is 5.82 Å². The molecular formula is C40H47N3. The molecule has 5 aromatic rings. The summed E-state index contributed by atoms with van der Waals surface area (Å²) in [6.45, 7) is 20.4. The van der Waals surface area contributed by atoms with E-state index in [1.165, 1.54) is 44.5 Å². The minimum Gasteiger partial charge on any atom is -0.278 e. The van der Waals surface area contributed by atoms with Crippen molar-refractivity contribution in [1.82, 2.24) is 14.8 Å². The van der Waals surface area contributed by atoms with Crippen molar-refractivity contribution in [3.63, 3.8) is 0 Å². The van der Waals surface area contributed by atoms with Gasteiger partial charge in [0.2, 0.25) is 0 Å². The highest BCUT2D eigenvalue weighted by molar-refractivity contribution is 5.76. The highest BCUT2D eigenvalue weighted by Crippen LogP contribution is 2.40. The Hall–Kier alpha value is -3.98. The molecule has 0 unspecified atom stereocenters. The summed E-state index contributed by atoms with van der Waals surface area (Å²) in [6.07, 6.45) is 3.04. The Kier molecular flexibility index (Phi) is 8.47. The number of rotatable bonds is 8. The predicted octanol–water partition coefficient (Wildman–Crippen LogP) is 11.0. The summed E-state index contributed by atoms with van der Waals surface area (Å²) in [4.78, 5) is 0. The highest BCUT2D eigenvalue weighted by atomic mass is 15.3. The first kappa shape index (κ1) is 30.5. The molecule has 5 rings (SSSR count). The number of nitrogens with zero attached hydrogens (tertiary/aromatic N) is 3. The summed E-state index contributed by atoms with van der Waals surface area (Å²) in [5.41, 5.74) is 12.4. The van der Waals surface area contributed by atoms with Gasteiger partial charge >= 0.3 is 0 Å². The van der Waals surface area contributed by atoms with Gasteiger partial charge in [0.25, 0.3) is 0 Å². The Morgan fingerprint density at radius 3 is 1.77 bits per heavy atom. The zero-order valence-electron chi connectivity index (χ0n) is 27.5. The van der Waals surface area contributed by atoms with E-state index in [-0.39, 0.29) is 10.8 Å². The maximum atomic E-state index is 4.96. The van der Waals surface area contributed by atoms with E-state index in [0.717, 1.165) is 42.2 Å². The first-order chi connectivity index (χ1) is 20.5. The molecule has 0 spiro atoms. The SMILES string of the molecule is CCC(CC)(CC)c1nnc(-c2cccc(-c3c(C)cc(C(C)(C)C)cc3C)c2)n1-c1ccc(-c2ccccc2)cc1C. The van der Waals surface area contributed by atoms with Gasteiger partial charge in [0.05, 0.1) is 5.69 Å². The van der Waals surface area contributed by atoms with Crippen molar-refractivity contribution in [3.8, 4) is 39.3 Å². The van der Waals surface area contributed by atoms with Crippen molar-refractivity contribution in [2.75, 3.05) is 0 Å². The molecular weight excluding hydrogens is 522 g/mol. The van der Waals surface area contributed by atoms with Crippen molar-refractivity contribution in [3.05, 3.63) is 113 Å². The lowest BCUT2D eigenvalue weighted by molar-refractivity contribution is 0.353. The summed E-state index contributed by atoms with van der Waals surface area (Å²) in [5.74, 6) is 1.95. The molecule has 0 saturated heterocycles. The molecule has 0 aliphatic heterocycles. The normalized spacial score (nSPS) is 12.1. The fourth-order valence-corrected chi connectivity index (χ4v) is 6.65. The maximum absolute atomic E-state index is 4.96. The zero-order chi connectivity index (χ0) is 30.9. The molecule has 0 atom stereocenters. The van der Waals surface area contributed by atoms with E-state index in [2.05, 4.69) is 152 Å². The van der Waals surface area contributed by atoms with Crippen LogP contribution in [0.2, 0.25) is 0 Å². The first-order valence-electron chi connectivity index (χ1n) is 15.9. The van der Waals surface area contributed by atoms with E-state index in [4.69, 9.17) is 10.2 Å². The maximum Gasteiger partial charge on any atom is 0.168 e. The predicted molar refractivity (Wildman–Crippen MR) is 183 cm³/mol. The minimum absolute atomic E-state index is 0.0522. The van der Waals surface area contributed by atoms with Gasteiger partial charge in [-0.05, 0) is 108 Å². The molecule has 43 heavy (non-hydrogen) atoms. The smallest absolute Gasteiger partial charge is 0.168 e. The second-order valence-corrected chi connectivity index (χ2v) is 13.2. The van der Waals surface area contributed by atoms with Crippen LogP contribution in [0.3, 0.4) is 0 Å². The quantitative estimate of drug-likeness (QED) is 0.186. The van der Waals surface area contributed by atoms with Crippen molar-refractivity contribution in [2.24, 2.45) is 0 Å². The fraction of sp³-hybridized carbons (Fsp3) is 0.350. The number of benzene rings is 4. The first-order valence-corrected chi connectivity index (χ1v) is 15.9. The van der Waals surface area contributed by atoms with Crippen LogP contribution in [0.4, 0.5) is 0 Å². The molecule has 0 aliphatic carbocycles. The second kappa shape index (κ2) is 12.0. The standard InChI is InChI=1S/C40H47N3/c1-10-40(11-2,12-3)38-42-41-37(43(38)35-22-21-31(23-27(35)4)30-17-14-13-15-18-30)33-20-16-19-32(26-33)36-28(5)24-34(25-29(36)6)39(7,8)9/h13-26H,10-12H2,1-9H3. The number of hydrogen-bond donors (Lipinski definition) is 0. The van der Waals surface area contributed by atoms with Crippen molar-refractivity contribution >= 4 is 0 Å². The number of aryl methyl sites for hydroxylation is 3. The average molecular weight is 570 g/mol. The molecule has 0 radical (unpaired) electrons. The van der Waals surface area contributed by atoms with E-state index in [9.17, 15) is 0 Å². The lowest BCUT2D eigenvalue weighted by atomic mass is 9.78. The van der Waals surface area contributed by atoms with E-state index in [1.807, 2.05) is 0 Å². The van der Waals surface area contributed by atoms with Gasteiger partial charge < -0.3 is 0 Å². The summed E-state index contributed by atoms with van der Waals surface area (Å²) in [6, 6.07) is 31.0. The van der Waals surface area contributed by atoms with Crippen molar-refractivity contribution < 1.29 is 0 Å². The van der Waals surface area contributed by atoms with Gasteiger partial charge in [-0.3, -0.25) is 4.57 Å². The molecule has 0 bridgehead atoms. The Morgan fingerprint density at radius 2 is 1.19 bits per heavy atom. The van der Waals surface area contributed by atoms with Gasteiger partial charge in [-0.2, -0.15) is 0 Å². The monoisotopic (exact) mass is 569 g/mol. The van der Waals surface area contributed by atoms with E-state index in [1.54, 1.807) is 0 Å². The topological polar surface area (TPSA) is 30.7 Å². The van der Waals surface area contributed by atoms with E-state index in [0.29, 0.717) is 0 Å². The highest BCUT2D eigenvalue weighted by Gasteiger charge is 2.34. The lowest BCUT2D eigenvalue weighted by Gasteiger charge is -2.30. The molecule has 1 heterocycles. The molecule has 3 heteroatoms. The molecule has 0 N–H and O–H groups in total.